The maximum absolute atomic E-state index is 12.9. The summed E-state index contributed by atoms with van der Waals surface area (Å²) in [4.78, 5) is 37.1. The molecule has 40 heavy (non-hydrogen) atoms. The second-order valence-electron chi connectivity index (χ2n) is 8.09. The van der Waals surface area contributed by atoms with E-state index in [0.29, 0.717) is 5.56 Å². The van der Waals surface area contributed by atoms with Crippen LogP contribution in [-0.2, 0) is 6.18 Å². The molecular weight excluding hydrogens is 531 g/mol. The number of hydrogen-bond donors (Lipinski definition) is 2. The van der Waals surface area contributed by atoms with Crippen LogP contribution in [0, 0.1) is 0 Å². The van der Waals surface area contributed by atoms with Crippen LogP contribution in [0.1, 0.15) is 42.4 Å². The molecular formula is C28H20F3N3O6. The van der Waals surface area contributed by atoms with Gasteiger partial charge in [0.2, 0.25) is 5.76 Å². The quantitative estimate of drug-likeness (QED) is 0.128. The number of halogens is 3. The number of carbonyl (C=O) groups excluding carboxylic acids is 3. The van der Waals surface area contributed by atoms with E-state index >= 15 is 0 Å². The van der Waals surface area contributed by atoms with Crippen molar-refractivity contribution in [3.8, 4) is 11.5 Å². The molecule has 0 fully saturated rings. The Bertz CT molecular complexity index is 1570. The molecule has 1 aromatic heterocycles. The predicted octanol–water partition coefficient (Wildman–Crippen LogP) is 5.54. The molecule has 0 saturated heterocycles. The average Bonchev–Trinajstić information content (AvgIpc) is 3.49. The molecule has 3 aromatic carbocycles. The van der Waals surface area contributed by atoms with Crippen LogP contribution in [0.25, 0.3) is 0 Å². The summed E-state index contributed by atoms with van der Waals surface area (Å²) in [5.41, 5.74) is 2.05. The maximum atomic E-state index is 12.9. The van der Waals surface area contributed by atoms with Crippen LogP contribution in [-0.4, -0.2) is 31.1 Å². The Balaban J connectivity index is 1.38. The van der Waals surface area contributed by atoms with E-state index < -0.39 is 29.5 Å². The zero-order valence-electron chi connectivity index (χ0n) is 20.7. The average molecular weight is 551 g/mol. The number of nitrogens with one attached hydrogen (secondary N) is 2. The summed E-state index contributed by atoms with van der Waals surface area (Å²) in [6.07, 6.45) is -1.91. The molecule has 0 aliphatic rings. The zero-order valence-corrected chi connectivity index (χ0v) is 20.7. The second kappa shape index (κ2) is 12.0. The van der Waals surface area contributed by atoms with Gasteiger partial charge >= 0.3 is 12.1 Å². The van der Waals surface area contributed by atoms with Crippen LogP contribution in [0.4, 0.5) is 18.9 Å². The Kier molecular flexibility index (Phi) is 8.28. The molecule has 0 unspecified atom stereocenters. The molecule has 9 nitrogen and oxygen atoms in total. The number of furan rings is 1. The summed E-state index contributed by atoms with van der Waals surface area (Å²) >= 11 is 0. The molecule has 2 amide bonds. The van der Waals surface area contributed by atoms with E-state index in [-0.39, 0.29) is 34.1 Å². The first-order valence-electron chi connectivity index (χ1n) is 11.5. The van der Waals surface area contributed by atoms with Crippen molar-refractivity contribution in [2.24, 2.45) is 5.10 Å². The highest BCUT2D eigenvalue weighted by molar-refractivity contribution is 6.05. The first kappa shape index (κ1) is 27.6. The molecule has 204 valence electrons. The highest BCUT2D eigenvalue weighted by atomic mass is 19.4. The number of methoxy groups -OCH3 is 1. The van der Waals surface area contributed by atoms with Gasteiger partial charge in [-0.1, -0.05) is 12.1 Å². The van der Waals surface area contributed by atoms with Gasteiger partial charge in [0.15, 0.2) is 11.5 Å². The molecule has 2 N–H and O–H groups in total. The van der Waals surface area contributed by atoms with Gasteiger partial charge in [-0.05, 0) is 72.3 Å². The fourth-order valence-electron chi connectivity index (χ4n) is 3.40. The fraction of sp³-hybridized carbons (Fsp3) is 0.0714. The van der Waals surface area contributed by atoms with E-state index in [1.165, 1.54) is 68.1 Å². The van der Waals surface area contributed by atoms with Gasteiger partial charge in [0.25, 0.3) is 11.8 Å². The largest absolute Gasteiger partial charge is 0.493 e. The van der Waals surface area contributed by atoms with Crippen molar-refractivity contribution in [2.45, 2.75) is 6.18 Å². The van der Waals surface area contributed by atoms with Crippen molar-refractivity contribution in [1.82, 2.24) is 5.43 Å². The number of carbonyl (C=O) groups is 3. The van der Waals surface area contributed by atoms with Gasteiger partial charge < -0.3 is 19.2 Å². The number of anilines is 1. The van der Waals surface area contributed by atoms with Crippen molar-refractivity contribution in [1.29, 1.82) is 0 Å². The number of hydrazone groups is 1. The van der Waals surface area contributed by atoms with Gasteiger partial charge in [0, 0.05) is 16.8 Å². The number of rotatable bonds is 8. The smallest absolute Gasteiger partial charge is 0.416 e. The summed E-state index contributed by atoms with van der Waals surface area (Å²) in [5.74, 6) is -1.68. The molecule has 0 bridgehead atoms. The van der Waals surface area contributed by atoms with Crippen molar-refractivity contribution in [3.63, 3.8) is 0 Å². The lowest BCUT2D eigenvalue weighted by Gasteiger charge is -2.10. The fourth-order valence-corrected chi connectivity index (χ4v) is 3.40. The van der Waals surface area contributed by atoms with Gasteiger partial charge in [-0.25, -0.2) is 10.2 Å². The Morgan fingerprint density at radius 2 is 1.62 bits per heavy atom. The van der Waals surface area contributed by atoms with Crippen LogP contribution in [0.2, 0.25) is 0 Å². The molecule has 0 radical (unpaired) electrons. The van der Waals surface area contributed by atoms with Gasteiger partial charge in [-0.2, -0.15) is 18.3 Å². The van der Waals surface area contributed by atoms with Crippen LogP contribution in [0.3, 0.4) is 0 Å². The Morgan fingerprint density at radius 3 is 2.33 bits per heavy atom. The lowest BCUT2D eigenvalue weighted by Crippen LogP contribution is -2.18. The van der Waals surface area contributed by atoms with Gasteiger partial charge in [-0.3, -0.25) is 9.59 Å². The lowest BCUT2D eigenvalue weighted by atomic mass is 10.1. The number of alkyl halides is 3. The Hall–Kier alpha value is -5.39. The summed E-state index contributed by atoms with van der Waals surface area (Å²) in [6, 6.07) is 17.4. The summed E-state index contributed by atoms with van der Waals surface area (Å²) < 4.78 is 54.4. The van der Waals surface area contributed by atoms with Gasteiger partial charge in [0.05, 0.1) is 25.2 Å². The number of amides is 2. The third kappa shape index (κ3) is 6.92. The van der Waals surface area contributed by atoms with Gasteiger partial charge in [0.1, 0.15) is 0 Å². The molecule has 12 heteroatoms. The molecule has 0 spiro atoms. The number of benzene rings is 3. The normalized spacial score (nSPS) is 11.2. The summed E-state index contributed by atoms with van der Waals surface area (Å²) in [7, 11) is 1.39. The minimum Gasteiger partial charge on any atom is -0.493 e. The minimum atomic E-state index is -4.59. The third-order valence-corrected chi connectivity index (χ3v) is 5.33. The Morgan fingerprint density at radius 1 is 0.875 bits per heavy atom. The number of ether oxygens (including phenoxy) is 2. The van der Waals surface area contributed by atoms with Crippen LogP contribution in [0.15, 0.2) is 94.6 Å². The molecule has 0 aliphatic heterocycles. The minimum absolute atomic E-state index is 0.0229. The number of nitrogens with zero attached hydrogens (tertiary/aromatic N) is 1. The third-order valence-electron chi connectivity index (χ3n) is 5.33. The predicted molar refractivity (Wildman–Crippen MR) is 138 cm³/mol. The summed E-state index contributed by atoms with van der Waals surface area (Å²) in [6.45, 7) is 0. The zero-order chi connectivity index (χ0) is 28.7. The summed E-state index contributed by atoms with van der Waals surface area (Å²) in [5, 5.41) is 6.37. The van der Waals surface area contributed by atoms with E-state index in [1.54, 1.807) is 12.1 Å². The van der Waals surface area contributed by atoms with E-state index in [2.05, 4.69) is 15.8 Å². The number of esters is 1. The topological polar surface area (TPSA) is 119 Å². The molecule has 4 rings (SSSR count). The van der Waals surface area contributed by atoms with Crippen molar-refractivity contribution < 1.29 is 41.4 Å². The van der Waals surface area contributed by atoms with Crippen molar-refractivity contribution in [2.75, 3.05) is 12.4 Å². The van der Waals surface area contributed by atoms with E-state index in [4.69, 9.17) is 13.9 Å². The standard InChI is InChI=1S/C28H20F3N3O6/c1-38-24-13-17(10-11-22(24)40-27(37)23-9-4-12-39-23)16-32-34-26(36)19-6-3-8-21(15-19)33-25(35)18-5-2-7-20(14-18)28(29,30)31/h2-16H,1H3,(H,33,35)(H,34,36). The van der Waals surface area contributed by atoms with E-state index in [0.717, 1.165) is 18.2 Å². The SMILES string of the molecule is COc1cc(C=NNC(=O)c2cccc(NC(=O)c3cccc(C(F)(F)F)c3)c2)ccc1OC(=O)c1ccco1. The molecule has 4 aromatic rings. The number of hydrogen-bond acceptors (Lipinski definition) is 7. The Labute approximate surface area is 225 Å². The first-order valence-corrected chi connectivity index (χ1v) is 11.5. The molecule has 0 aliphatic carbocycles. The van der Waals surface area contributed by atoms with Gasteiger partial charge in [-0.15, -0.1) is 0 Å². The van der Waals surface area contributed by atoms with Crippen molar-refractivity contribution in [3.05, 3.63) is 113 Å². The lowest BCUT2D eigenvalue weighted by molar-refractivity contribution is -0.137. The monoisotopic (exact) mass is 551 g/mol. The van der Waals surface area contributed by atoms with Crippen LogP contribution < -0.4 is 20.2 Å². The van der Waals surface area contributed by atoms with E-state index in [9.17, 15) is 27.6 Å². The highest BCUT2D eigenvalue weighted by Crippen LogP contribution is 2.30. The van der Waals surface area contributed by atoms with Crippen LogP contribution >= 0.6 is 0 Å². The maximum Gasteiger partial charge on any atom is 0.416 e. The molecule has 0 saturated carbocycles. The molecule has 0 atom stereocenters. The van der Waals surface area contributed by atoms with Crippen LogP contribution in [0.5, 0.6) is 11.5 Å². The first-order chi connectivity index (χ1) is 19.1. The van der Waals surface area contributed by atoms with Crippen molar-refractivity contribution >= 4 is 29.7 Å². The second-order valence-corrected chi connectivity index (χ2v) is 8.09. The highest BCUT2D eigenvalue weighted by Gasteiger charge is 2.31. The van der Waals surface area contributed by atoms with E-state index in [1.807, 2.05) is 0 Å². The molecule has 1 heterocycles.